The first-order valence-electron chi connectivity index (χ1n) is 7.90. The molecule has 0 radical (unpaired) electrons. The SMILES string of the molecule is COc1ccccc1CC(=O)NCCc1ccc2oc(C)nc2c1. The molecule has 3 aromatic rings. The lowest BCUT2D eigenvalue weighted by Crippen LogP contribution is -2.27. The minimum absolute atomic E-state index is 0.0159. The van der Waals surface area contributed by atoms with Gasteiger partial charge in [0.15, 0.2) is 11.5 Å². The number of para-hydroxylation sites is 1. The van der Waals surface area contributed by atoms with Gasteiger partial charge in [-0.25, -0.2) is 4.98 Å². The summed E-state index contributed by atoms with van der Waals surface area (Å²) in [6.07, 6.45) is 1.06. The second kappa shape index (κ2) is 7.17. The number of nitrogens with one attached hydrogen (secondary N) is 1. The van der Waals surface area contributed by atoms with Gasteiger partial charge in [0.05, 0.1) is 13.5 Å². The average Bonchev–Trinajstić information content (AvgIpc) is 2.94. The van der Waals surface area contributed by atoms with Crippen LogP contribution in [0.4, 0.5) is 0 Å². The van der Waals surface area contributed by atoms with Crippen molar-refractivity contribution in [2.24, 2.45) is 0 Å². The van der Waals surface area contributed by atoms with Crippen LogP contribution in [0, 0.1) is 6.92 Å². The third-order valence-corrected chi connectivity index (χ3v) is 3.84. The molecule has 3 rings (SSSR count). The van der Waals surface area contributed by atoms with Crippen molar-refractivity contribution in [1.82, 2.24) is 10.3 Å². The number of ether oxygens (including phenoxy) is 1. The number of hydrogen-bond acceptors (Lipinski definition) is 4. The lowest BCUT2D eigenvalue weighted by molar-refractivity contribution is -0.120. The van der Waals surface area contributed by atoms with Gasteiger partial charge in [0, 0.05) is 19.0 Å². The Kier molecular flexibility index (Phi) is 4.79. The number of carbonyl (C=O) groups excluding carboxylic acids is 1. The van der Waals surface area contributed by atoms with Gasteiger partial charge in [-0.1, -0.05) is 24.3 Å². The summed E-state index contributed by atoms with van der Waals surface area (Å²) >= 11 is 0. The Balaban J connectivity index is 1.54. The molecular formula is C19H20N2O3. The Labute approximate surface area is 140 Å². The Morgan fingerprint density at radius 2 is 2.08 bits per heavy atom. The van der Waals surface area contributed by atoms with Gasteiger partial charge in [0.2, 0.25) is 5.91 Å². The zero-order valence-electron chi connectivity index (χ0n) is 13.8. The Bertz CT molecular complexity index is 855. The first-order valence-corrected chi connectivity index (χ1v) is 7.90. The van der Waals surface area contributed by atoms with Gasteiger partial charge in [0.1, 0.15) is 11.3 Å². The summed E-state index contributed by atoms with van der Waals surface area (Å²) in [6, 6.07) is 13.5. The summed E-state index contributed by atoms with van der Waals surface area (Å²) in [4.78, 5) is 16.4. The molecule has 2 aromatic carbocycles. The van der Waals surface area contributed by atoms with Crippen LogP contribution in [0.2, 0.25) is 0 Å². The summed E-state index contributed by atoms with van der Waals surface area (Å²) in [5, 5.41) is 2.95. The topological polar surface area (TPSA) is 64.4 Å². The van der Waals surface area contributed by atoms with Crippen molar-refractivity contribution in [3.8, 4) is 5.75 Å². The van der Waals surface area contributed by atoms with Crippen LogP contribution in [0.1, 0.15) is 17.0 Å². The quantitative estimate of drug-likeness (QED) is 0.757. The number of nitrogens with zero attached hydrogens (tertiary/aromatic N) is 1. The number of rotatable bonds is 6. The molecule has 24 heavy (non-hydrogen) atoms. The number of hydrogen-bond donors (Lipinski definition) is 1. The number of carbonyl (C=O) groups is 1. The molecule has 1 amide bonds. The van der Waals surface area contributed by atoms with E-state index in [4.69, 9.17) is 9.15 Å². The van der Waals surface area contributed by atoms with Crippen molar-refractivity contribution in [3.63, 3.8) is 0 Å². The summed E-state index contributed by atoms with van der Waals surface area (Å²) in [6.45, 7) is 2.41. The molecule has 0 saturated heterocycles. The molecule has 5 heteroatoms. The molecule has 0 aliphatic carbocycles. The van der Waals surface area contributed by atoms with Gasteiger partial charge in [-0.2, -0.15) is 0 Å². The molecule has 0 saturated carbocycles. The summed E-state index contributed by atoms with van der Waals surface area (Å²) in [7, 11) is 1.61. The number of oxazole rings is 1. The lowest BCUT2D eigenvalue weighted by Gasteiger charge is -2.09. The van der Waals surface area contributed by atoms with Gasteiger partial charge in [-0.05, 0) is 30.2 Å². The molecule has 0 atom stereocenters. The van der Waals surface area contributed by atoms with E-state index < -0.39 is 0 Å². The van der Waals surface area contributed by atoms with E-state index in [-0.39, 0.29) is 5.91 Å². The molecule has 0 aliphatic rings. The smallest absolute Gasteiger partial charge is 0.224 e. The summed E-state index contributed by atoms with van der Waals surface area (Å²) < 4.78 is 10.7. The highest BCUT2D eigenvalue weighted by atomic mass is 16.5. The van der Waals surface area contributed by atoms with E-state index in [0.717, 1.165) is 34.4 Å². The van der Waals surface area contributed by atoms with E-state index in [1.807, 2.05) is 49.4 Å². The largest absolute Gasteiger partial charge is 0.496 e. The molecule has 1 aromatic heterocycles. The fraction of sp³-hybridized carbons (Fsp3) is 0.263. The van der Waals surface area contributed by atoms with Crippen molar-refractivity contribution in [1.29, 1.82) is 0 Å². The number of aryl methyl sites for hydroxylation is 1. The van der Waals surface area contributed by atoms with Crippen molar-refractivity contribution in [2.45, 2.75) is 19.8 Å². The molecular weight excluding hydrogens is 304 g/mol. The maximum Gasteiger partial charge on any atom is 0.224 e. The second-order valence-electron chi connectivity index (χ2n) is 5.62. The van der Waals surface area contributed by atoms with Gasteiger partial charge in [-0.15, -0.1) is 0 Å². The minimum Gasteiger partial charge on any atom is -0.496 e. The maximum absolute atomic E-state index is 12.1. The molecule has 1 N–H and O–H groups in total. The van der Waals surface area contributed by atoms with Gasteiger partial charge in [0.25, 0.3) is 0 Å². The van der Waals surface area contributed by atoms with E-state index in [0.29, 0.717) is 18.9 Å². The van der Waals surface area contributed by atoms with E-state index >= 15 is 0 Å². The minimum atomic E-state index is -0.0159. The van der Waals surface area contributed by atoms with Crippen LogP contribution in [0.15, 0.2) is 46.9 Å². The van der Waals surface area contributed by atoms with Crippen molar-refractivity contribution in [3.05, 3.63) is 59.5 Å². The first kappa shape index (κ1) is 16.1. The van der Waals surface area contributed by atoms with Gasteiger partial charge >= 0.3 is 0 Å². The zero-order chi connectivity index (χ0) is 16.9. The standard InChI is InChI=1S/C19H20N2O3/c1-13-21-16-11-14(7-8-18(16)24-13)9-10-20-19(22)12-15-5-3-4-6-17(15)23-2/h3-8,11H,9-10,12H2,1-2H3,(H,20,22). The monoisotopic (exact) mass is 324 g/mol. The molecule has 0 bridgehead atoms. The number of fused-ring (bicyclic) bond motifs is 1. The fourth-order valence-electron chi connectivity index (χ4n) is 2.67. The number of methoxy groups -OCH3 is 1. The Morgan fingerprint density at radius 1 is 1.25 bits per heavy atom. The fourth-order valence-corrected chi connectivity index (χ4v) is 2.67. The van der Waals surface area contributed by atoms with Crippen molar-refractivity contribution in [2.75, 3.05) is 13.7 Å². The molecule has 1 heterocycles. The van der Waals surface area contributed by atoms with E-state index in [1.165, 1.54) is 0 Å². The van der Waals surface area contributed by atoms with Crippen LogP contribution >= 0.6 is 0 Å². The third kappa shape index (κ3) is 3.74. The molecule has 0 unspecified atom stereocenters. The maximum atomic E-state index is 12.1. The molecule has 0 spiro atoms. The van der Waals surface area contributed by atoms with Gasteiger partial charge < -0.3 is 14.5 Å². The number of aromatic nitrogens is 1. The normalized spacial score (nSPS) is 10.8. The lowest BCUT2D eigenvalue weighted by atomic mass is 10.1. The Morgan fingerprint density at radius 3 is 2.92 bits per heavy atom. The zero-order valence-corrected chi connectivity index (χ0v) is 13.8. The molecule has 5 nitrogen and oxygen atoms in total. The molecule has 0 fully saturated rings. The average molecular weight is 324 g/mol. The van der Waals surface area contributed by atoms with Crippen molar-refractivity contribution < 1.29 is 13.9 Å². The van der Waals surface area contributed by atoms with Crippen LogP contribution in [0.3, 0.4) is 0 Å². The summed E-state index contributed by atoms with van der Waals surface area (Å²) in [5.74, 6) is 1.38. The summed E-state index contributed by atoms with van der Waals surface area (Å²) in [5.41, 5.74) is 3.65. The predicted octanol–water partition coefficient (Wildman–Crippen LogP) is 3.05. The Hall–Kier alpha value is -2.82. The van der Waals surface area contributed by atoms with E-state index in [2.05, 4.69) is 10.3 Å². The second-order valence-corrected chi connectivity index (χ2v) is 5.62. The third-order valence-electron chi connectivity index (χ3n) is 3.84. The molecule has 0 aliphatic heterocycles. The van der Waals surface area contributed by atoms with Crippen LogP contribution in [0.5, 0.6) is 5.75 Å². The predicted molar refractivity (Wildman–Crippen MR) is 92.2 cm³/mol. The highest BCUT2D eigenvalue weighted by Crippen LogP contribution is 2.18. The highest BCUT2D eigenvalue weighted by molar-refractivity contribution is 5.79. The van der Waals surface area contributed by atoms with Crippen LogP contribution < -0.4 is 10.1 Å². The highest BCUT2D eigenvalue weighted by Gasteiger charge is 2.08. The van der Waals surface area contributed by atoms with Crippen molar-refractivity contribution >= 4 is 17.0 Å². The van der Waals surface area contributed by atoms with Crippen LogP contribution in [-0.2, 0) is 17.6 Å². The van der Waals surface area contributed by atoms with E-state index in [9.17, 15) is 4.79 Å². The van der Waals surface area contributed by atoms with Crippen LogP contribution in [-0.4, -0.2) is 24.5 Å². The first-order chi connectivity index (χ1) is 11.7. The van der Waals surface area contributed by atoms with Crippen LogP contribution in [0.25, 0.3) is 11.1 Å². The van der Waals surface area contributed by atoms with Gasteiger partial charge in [-0.3, -0.25) is 4.79 Å². The number of amides is 1. The molecule has 124 valence electrons. The van der Waals surface area contributed by atoms with E-state index in [1.54, 1.807) is 7.11 Å². The number of benzene rings is 2.